The molecule has 5 N–H and O–H groups in total. The Kier molecular flexibility index (Phi) is 4.91. The minimum Gasteiger partial charge on any atom is -0.398 e. The molecule has 1 fully saturated rings. The number of nitrogen functional groups attached to an aromatic ring is 1. The maximum Gasteiger partial charge on any atom is 0.258 e. The third-order valence-electron chi connectivity index (χ3n) is 6.27. The highest BCUT2D eigenvalue weighted by atomic mass is 35.5. The Balaban J connectivity index is 1.85. The van der Waals surface area contributed by atoms with Crippen LogP contribution in [0.15, 0.2) is 18.3 Å². The molecule has 6 nitrogen and oxygen atoms in total. The summed E-state index contributed by atoms with van der Waals surface area (Å²) in [5.74, 6) is 0.0161. The summed E-state index contributed by atoms with van der Waals surface area (Å²) < 4.78 is 15.4. The molecule has 0 radical (unpaired) electrons. The number of anilines is 2. The predicted molar refractivity (Wildman–Crippen MR) is 114 cm³/mol. The second kappa shape index (κ2) is 7.15. The van der Waals surface area contributed by atoms with Crippen molar-refractivity contribution in [2.75, 3.05) is 38.2 Å². The number of fused-ring (bicyclic) bond motifs is 2. The van der Waals surface area contributed by atoms with Gasteiger partial charge in [0.05, 0.1) is 10.6 Å². The second-order valence-electron chi connectivity index (χ2n) is 8.28. The molecule has 2 aromatic rings. The maximum atomic E-state index is 15.4. The van der Waals surface area contributed by atoms with Crippen molar-refractivity contribution in [3.8, 4) is 11.1 Å². The first-order valence-corrected chi connectivity index (χ1v) is 10.1. The van der Waals surface area contributed by atoms with Crippen LogP contribution in [-0.2, 0) is 5.41 Å². The predicted octanol–water partition coefficient (Wildman–Crippen LogP) is 3.25. The number of benzene rings is 1. The second-order valence-corrected chi connectivity index (χ2v) is 8.66. The fraction of sp³-hybridized carbons (Fsp3) is 0.429. The Bertz CT molecular complexity index is 996. The molecule has 0 saturated heterocycles. The van der Waals surface area contributed by atoms with E-state index >= 15 is 4.39 Å². The molecule has 2 atom stereocenters. The minimum atomic E-state index is -0.682. The zero-order valence-corrected chi connectivity index (χ0v) is 17.3. The van der Waals surface area contributed by atoms with Gasteiger partial charge < -0.3 is 21.7 Å². The van der Waals surface area contributed by atoms with Crippen LogP contribution in [0.3, 0.4) is 0 Å². The van der Waals surface area contributed by atoms with E-state index in [-0.39, 0.29) is 22.2 Å². The molecule has 1 saturated carbocycles. The summed E-state index contributed by atoms with van der Waals surface area (Å²) >= 11 is 6.85. The van der Waals surface area contributed by atoms with Gasteiger partial charge >= 0.3 is 0 Å². The number of hydrogen-bond donors (Lipinski definition) is 3. The number of pyridine rings is 1. The molecule has 154 valence electrons. The van der Waals surface area contributed by atoms with Crippen LogP contribution in [0.1, 0.15) is 35.2 Å². The van der Waals surface area contributed by atoms with Crippen LogP contribution in [0.25, 0.3) is 11.1 Å². The number of aromatic nitrogens is 1. The Morgan fingerprint density at radius 1 is 1.41 bits per heavy atom. The molecule has 29 heavy (non-hydrogen) atoms. The summed E-state index contributed by atoms with van der Waals surface area (Å²) in [5.41, 5.74) is 13.2. The minimum absolute atomic E-state index is 0.0925. The van der Waals surface area contributed by atoms with E-state index in [0.29, 0.717) is 23.0 Å². The Labute approximate surface area is 174 Å². The van der Waals surface area contributed by atoms with Gasteiger partial charge in [0.1, 0.15) is 11.6 Å². The van der Waals surface area contributed by atoms with Crippen LogP contribution in [-0.4, -0.2) is 43.0 Å². The number of nitrogens with two attached hydrogens (primary N) is 2. The lowest BCUT2D eigenvalue weighted by Crippen LogP contribution is -2.26. The van der Waals surface area contributed by atoms with Crippen LogP contribution < -0.4 is 16.8 Å². The van der Waals surface area contributed by atoms with Gasteiger partial charge in [-0.1, -0.05) is 11.6 Å². The Morgan fingerprint density at radius 2 is 2.17 bits per heavy atom. The Morgan fingerprint density at radius 3 is 2.83 bits per heavy atom. The largest absolute Gasteiger partial charge is 0.398 e. The molecule has 0 bridgehead atoms. The molecule has 1 aliphatic heterocycles. The van der Waals surface area contributed by atoms with Crippen LogP contribution in [0.5, 0.6) is 0 Å². The van der Waals surface area contributed by atoms with E-state index < -0.39 is 11.7 Å². The average molecular weight is 418 g/mol. The maximum absolute atomic E-state index is 15.4. The summed E-state index contributed by atoms with van der Waals surface area (Å²) in [6.45, 7) is 1.40. The lowest BCUT2D eigenvalue weighted by atomic mass is 9.79. The molecule has 4 rings (SSSR count). The summed E-state index contributed by atoms with van der Waals surface area (Å²) in [6.07, 6.45) is 4.49. The summed E-state index contributed by atoms with van der Waals surface area (Å²) in [5, 5.41) is 3.83. The van der Waals surface area contributed by atoms with Crippen LogP contribution in [0, 0.1) is 11.7 Å². The number of rotatable bonds is 3. The summed E-state index contributed by atoms with van der Waals surface area (Å²) in [4.78, 5) is 18.3. The number of carbonyl (C=O) groups is 1. The topological polar surface area (TPSA) is 97.3 Å². The molecule has 1 amide bonds. The van der Waals surface area contributed by atoms with Gasteiger partial charge in [-0.15, -0.1) is 0 Å². The molecule has 2 heterocycles. The van der Waals surface area contributed by atoms with Crippen molar-refractivity contribution in [1.29, 1.82) is 0 Å². The van der Waals surface area contributed by atoms with Gasteiger partial charge in [0, 0.05) is 54.6 Å². The molecule has 0 unspecified atom stereocenters. The average Bonchev–Trinajstić information content (AvgIpc) is 3.27. The lowest BCUT2D eigenvalue weighted by molar-refractivity contribution is 0.0824. The van der Waals surface area contributed by atoms with Crippen molar-refractivity contribution in [2.24, 2.45) is 11.7 Å². The first kappa shape index (κ1) is 19.9. The third-order valence-corrected chi connectivity index (χ3v) is 6.66. The molecule has 1 aliphatic carbocycles. The van der Waals surface area contributed by atoms with Crippen LogP contribution in [0.2, 0.25) is 5.02 Å². The van der Waals surface area contributed by atoms with Gasteiger partial charge in [-0.3, -0.25) is 4.79 Å². The monoisotopic (exact) mass is 417 g/mol. The fourth-order valence-electron chi connectivity index (χ4n) is 4.70. The Hall–Kier alpha value is -2.38. The van der Waals surface area contributed by atoms with E-state index in [0.717, 1.165) is 37.2 Å². The van der Waals surface area contributed by atoms with E-state index in [2.05, 4.69) is 10.3 Å². The number of nitrogens with one attached hydrogen (secondary N) is 1. The van der Waals surface area contributed by atoms with E-state index in [9.17, 15) is 4.79 Å². The first-order chi connectivity index (χ1) is 13.8. The van der Waals surface area contributed by atoms with E-state index in [1.165, 1.54) is 11.0 Å². The van der Waals surface area contributed by atoms with Gasteiger partial charge in [-0.05, 0) is 43.9 Å². The number of hydrogen-bond acceptors (Lipinski definition) is 5. The number of carbonyl (C=O) groups excluding carboxylic acids is 1. The van der Waals surface area contributed by atoms with Gasteiger partial charge in [-0.25, -0.2) is 9.37 Å². The normalized spacial score (nSPS) is 22.6. The van der Waals surface area contributed by atoms with Crippen molar-refractivity contribution in [3.63, 3.8) is 0 Å². The smallest absolute Gasteiger partial charge is 0.258 e. The van der Waals surface area contributed by atoms with Gasteiger partial charge in [0.2, 0.25) is 0 Å². The van der Waals surface area contributed by atoms with Crippen molar-refractivity contribution in [1.82, 2.24) is 9.88 Å². The molecule has 8 heteroatoms. The standard InChI is InChI=1S/C21H25ClFN5O/c1-28(2)20(29)15-14(25)4-3-12(18(15)23)13-9-26-19-16(17(13)22)21(10-27-19)6-5-11(7-21)8-24/h3-4,9,11H,5-8,10,24-25H2,1-2H3,(H,26,27)/t11-,21-/m1/s1. The molecule has 1 spiro atoms. The molecule has 2 aliphatic rings. The number of halogens is 2. The summed E-state index contributed by atoms with van der Waals surface area (Å²) in [6, 6.07) is 3.09. The van der Waals surface area contributed by atoms with E-state index in [4.69, 9.17) is 23.1 Å². The lowest BCUT2D eigenvalue weighted by Gasteiger charge is -2.25. The highest BCUT2D eigenvalue weighted by Gasteiger charge is 2.47. The highest BCUT2D eigenvalue weighted by Crippen LogP contribution is 2.53. The van der Waals surface area contributed by atoms with Crippen molar-refractivity contribution in [2.45, 2.75) is 24.7 Å². The van der Waals surface area contributed by atoms with Crippen molar-refractivity contribution < 1.29 is 9.18 Å². The fourth-order valence-corrected chi connectivity index (χ4v) is 5.14. The zero-order valence-electron chi connectivity index (χ0n) is 16.6. The molecular formula is C21H25ClFN5O. The first-order valence-electron chi connectivity index (χ1n) is 9.72. The zero-order chi connectivity index (χ0) is 20.9. The van der Waals surface area contributed by atoms with Crippen LogP contribution >= 0.6 is 11.6 Å². The van der Waals surface area contributed by atoms with Gasteiger partial charge in [0.15, 0.2) is 0 Å². The number of amides is 1. The molecular weight excluding hydrogens is 393 g/mol. The third kappa shape index (κ3) is 3.04. The van der Waals surface area contributed by atoms with Gasteiger partial charge in [-0.2, -0.15) is 0 Å². The van der Waals surface area contributed by atoms with Crippen LogP contribution in [0.4, 0.5) is 15.9 Å². The SMILES string of the molecule is CN(C)C(=O)c1c(N)ccc(-c2cnc3c(c2Cl)[C@@]2(CC[C@@H](CN)C2)CN3)c1F. The highest BCUT2D eigenvalue weighted by molar-refractivity contribution is 6.34. The van der Waals surface area contributed by atoms with Crippen molar-refractivity contribution >= 4 is 29.0 Å². The molecule has 1 aromatic carbocycles. The molecule has 1 aromatic heterocycles. The summed E-state index contributed by atoms with van der Waals surface area (Å²) in [7, 11) is 3.11. The van der Waals surface area contributed by atoms with E-state index in [1.807, 2.05) is 0 Å². The quantitative estimate of drug-likeness (QED) is 0.666. The van der Waals surface area contributed by atoms with Gasteiger partial charge in [0.25, 0.3) is 5.91 Å². The van der Waals surface area contributed by atoms with E-state index in [1.54, 1.807) is 26.4 Å². The number of nitrogens with zero attached hydrogens (tertiary/aromatic N) is 2. The van der Waals surface area contributed by atoms with Crippen molar-refractivity contribution in [3.05, 3.63) is 40.3 Å².